The third-order valence-corrected chi connectivity index (χ3v) is 3.14. The summed E-state index contributed by atoms with van der Waals surface area (Å²) >= 11 is 0. The average Bonchev–Trinajstić information content (AvgIpc) is 2.44. The number of ether oxygens (including phenoxy) is 1. The number of hydrogen-bond acceptors (Lipinski definition) is 3. The molecule has 2 aromatic rings. The fraction of sp³-hybridized carbons (Fsp3) is 0.353. The SMILES string of the molecule is CCCNCc1cc(C)ccc1Oc1cccnc1C. The molecular formula is C17H22N2O. The summed E-state index contributed by atoms with van der Waals surface area (Å²) in [7, 11) is 0. The molecule has 2 rings (SSSR count). The van der Waals surface area contributed by atoms with E-state index in [1.807, 2.05) is 25.1 Å². The summed E-state index contributed by atoms with van der Waals surface area (Å²) in [4.78, 5) is 4.26. The van der Waals surface area contributed by atoms with E-state index in [0.29, 0.717) is 0 Å². The Labute approximate surface area is 121 Å². The van der Waals surface area contributed by atoms with Gasteiger partial charge in [-0.3, -0.25) is 4.98 Å². The van der Waals surface area contributed by atoms with Crippen molar-refractivity contribution in [3.63, 3.8) is 0 Å². The second-order valence-electron chi connectivity index (χ2n) is 4.98. The maximum atomic E-state index is 6.02. The van der Waals surface area contributed by atoms with E-state index < -0.39 is 0 Å². The fourth-order valence-corrected chi connectivity index (χ4v) is 2.04. The minimum absolute atomic E-state index is 0.813. The molecule has 1 N–H and O–H groups in total. The Hall–Kier alpha value is -1.87. The normalized spacial score (nSPS) is 10.6. The molecular weight excluding hydrogens is 248 g/mol. The number of nitrogens with zero attached hydrogens (tertiary/aromatic N) is 1. The Bertz CT molecular complexity index is 567. The number of pyridine rings is 1. The van der Waals surface area contributed by atoms with E-state index in [4.69, 9.17) is 4.74 Å². The molecule has 0 saturated carbocycles. The van der Waals surface area contributed by atoms with Crippen molar-refractivity contribution in [2.24, 2.45) is 0 Å². The highest BCUT2D eigenvalue weighted by Crippen LogP contribution is 2.27. The van der Waals surface area contributed by atoms with Crippen LogP contribution in [0.15, 0.2) is 36.5 Å². The predicted octanol–water partition coefficient (Wildman–Crippen LogP) is 3.99. The standard InChI is InChI=1S/C17H22N2O/c1-4-9-18-12-15-11-13(2)7-8-17(15)20-16-6-5-10-19-14(16)3/h5-8,10-11,18H,4,9,12H2,1-3H3. The quantitative estimate of drug-likeness (QED) is 0.806. The molecule has 0 amide bonds. The molecule has 1 heterocycles. The first-order valence-corrected chi connectivity index (χ1v) is 7.10. The van der Waals surface area contributed by atoms with Crippen LogP contribution in [-0.2, 0) is 6.54 Å². The van der Waals surface area contributed by atoms with Crippen LogP contribution in [0.3, 0.4) is 0 Å². The lowest BCUT2D eigenvalue weighted by Crippen LogP contribution is -2.14. The van der Waals surface area contributed by atoms with E-state index >= 15 is 0 Å². The van der Waals surface area contributed by atoms with E-state index in [-0.39, 0.29) is 0 Å². The molecule has 0 aliphatic rings. The fourth-order valence-electron chi connectivity index (χ4n) is 2.04. The topological polar surface area (TPSA) is 34.1 Å². The van der Waals surface area contributed by atoms with Crippen LogP contribution in [0, 0.1) is 13.8 Å². The first-order valence-electron chi connectivity index (χ1n) is 7.10. The molecule has 0 aliphatic heterocycles. The molecule has 106 valence electrons. The third kappa shape index (κ3) is 3.81. The van der Waals surface area contributed by atoms with E-state index in [9.17, 15) is 0 Å². The van der Waals surface area contributed by atoms with Gasteiger partial charge in [-0.15, -0.1) is 0 Å². The number of nitrogens with one attached hydrogen (secondary N) is 1. The zero-order valence-electron chi connectivity index (χ0n) is 12.4. The monoisotopic (exact) mass is 270 g/mol. The molecule has 0 radical (unpaired) electrons. The van der Waals surface area contributed by atoms with Crippen molar-refractivity contribution in [2.45, 2.75) is 33.7 Å². The molecule has 1 aromatic heterocycles. The summed E-state index contributed by atoms with van der Waals surface area (Å²) in [5.41, 5.74) is 3.33. The van der Waals surface area contributed by atoms with Gasteiger partial charge >= 0.3 is 0 Å². The summed E-state index contributed by atoms with van der Waals surface area (Å²) in [5, 5.41) is 3.42. The smallest absolute Gasteiger partial charge is 0.148 e. The van der Waals surface area contributed by atoms with Gasteiger partial charge in [0.05, 0.1) is 5.69 Å². The number of rotatable bonds is 6. The van der Waals surface area contributed by atoms with Crippen LogP contribution in [0.1, 0.15) is 30.2 Å². The van der Waals surface area contributed by atoms with Gasteiger partial charge in [-0.1, -0.05) is 24.6 Å². The molecule has 3 heteroatoms. The lowest BCUT2D eigenvalue weighted by molar-refractivity contribution is 0.466. The Morgan fingerprint density at radius 1 is 1.15 bits per heavy atom. The summed E-state index contributed by atoms with van der Waals surface area (Å²) in [5.74, 6) is 1.71. The highest BCUT2D eigenvalue weighted by Gasteiger charge is 2.07. The lowest BCUT2D eigenvalue weighted by Gasteiger charge is -2.13. The molecule has 20 heavy (non-hydrogen) atoms. The minimum Gasteiger partial charge on any atom is -0.455 e. The van der Waals surface area contributed by atoms with Crippen molar-refractivity contribution in [2.75, 3.05) is 6.54 Å². The average molecular weight is 270 g/mol. The zero-order chi connectivity index (χ0) is 14.4. The van der Waals surface area contributed by atoms with Crippen molar-refractivity contribution in [3.05, 3.63) is 53.3 Å². The van der Waals surface area contributed by atoms with Crippen molar-refractivity contribution in [1.29, 1.82) is 0 Å². The first-order chi connectivity index (χ1) is 9.70. The summed E-state index contributed by atoms with van der Waals surface area (Å²) < 4.78 is 6.02. The number of aryl methyl sites for hydroxylation is 2. The molecule has 0 saturated heterocycles. The summed E-state index contributed by atoms with van der Waals surface area (Å²) in [6.07, 6.45) is 2.91. The highest BCUT2D eigenvalue weighted by atomic mass is 16.5. The summed E-state index contributed by atoms with van der Waals surface area (Å²) in [6, 6.07) is 10.1. The largest absolute Gasteiger partial charge is 0.455 e. The van der Waals surface area contributed by atoms with Crippen LogP contribution in [0.5, 0.6) is 11.5 Å². The van der Waals surface area contributed by atoms with Gasteiger partial charge in [0, 0.05) is 18.3 Å². The molecule has 0 spiro atoms. The molecule has 0 bridgehead atoms. The first kappa shape index (κ1) is 14.5. The minimum atomic E-state index is 0.813. The van der Waals surface area contributed by atoms with Crippen LogP contribution >= 0.6 is 0 Å². The van der Waals surface area contributed by atoms with Gasteiger partial charge in [0.25, 0.3) is 0 Å². The third-order valence-electron chi connectivity index (χ3n) is 3.14. The number of benzene rings is 1. The van der Waals surface area contributed by atoms with Gasteiger partial charge in [0.15, 0.2) is 0 Å². The van der Waals surface area contributed by atoms with Gasteiger partial charge in [0.1, 0.15) is 11.5 Å². The maximum Gasteiger partial charge on any atom is 0.148 e. The van der Waals surface area contributed by atoms with Crippen molar-refractivity contribution in [3.8, 4) is 11.5 Å². The maximum absolute atomic E-state index is 6.02. The number of hydrogen-bond donors (Lipinski definition) is 1. The van der Waals surface area contributed by atoms with Gasteiger partial charge in [0.2, 0.25) is 0 Å². The zero-order valence-corrected chi connectivity index (χ0v) is 12.4. The van der Waals surface area contributed by atoms with E-state index in [2.05, 4.69) is 36.3 Å². The Morgan fingerprint density at radius 3 is 2.75 bits per heavy atom. The lowest BCUT2D eigenvalue weighted by atomic mass is 10.1. The van der Waals surface area contributed by atoms with Crippen molar-refractivity contribution >= 4 is 0 Å². The second-order valence-corrected chi connectivity index (χ2v) is 4.98. The molecule has 0 aliphatic carbocycles. The molecule has 0 unspecified atom stereocenters. The predicted molar refractivity (Wildman–Crippen MR) is 82.2 cm³/mol. The Morgan fingerprint density at radius 2 is 2.00 bits per heavy atom. The molecule has 1 aromatic carbocycles. The van der Waals surface area contributed by atoms with E-state index in [1.54, 1.807) is 6.20 Å². The van der Waals surface area contributed by atoms with Crippen LogP contribution in [0.4, 0.5) is 0 Å². The molecule has 0 atom stereocenters. The van der Waals surface area contributed by atoms with E-state index in [0.717, 1.165) is 36.7 Å². The van der Waals surface area contributed by atoms with Crippen molar-refractivity contribution < 1.29 is 4.74 Å². The molecule has 3 nitrogen and oxygen atoms in total. The van der Waals surface area contributed by atoms with Gasteiger partial charge in [-0.2, -0.15) is 0 Å². The molecule has 0 fully saturated rings. The van der Waals surface area contributed by atoms with Crippen LogP contribution in [0.25, 0.3) is 0 Å². The van der Waals surface area contributed by atoms with Crippen molar-refractivity contribution in [1.82, 2.24) is 10.3 Å². The highest BCUT2D eigenvalue weighted by molar-refractivity contribution is 5.41. The van der Waals surface area contributed by atoms with Crippen LogP contribution < -0.4 is 10.1 Å². The van der Waals surface area contributed by atoms with Gasteiger partial charge in [-0.25, -0.2) is 0 Å². The van der Waals surface area contributed by atoms with Gasteiger partial charge in [-0.05, 0) is 45.0 Å². The Kier molecular flexibility index (Phi) is 5.13. The van der Waals surface area contributed by atoms with Crippen LogP contribution in [-0.4, -0.2) is 11.5 Å². The Balaban J connectivity index is 2.20. The van der Waals surface area contributed by atoms with E-state index in [1.165, 1.54) is 11.1 Å². The summed E-state index contributed by atoms with van der Waals surface area (Å²) in [6.45, 7) is 8.06. The van der Waals surface area contributed by atoms with Gasteiger partial charge < -0.3 is 10.1 Å². The number of aromatic nitrogens is 1. The van der Waals surface area contributed by atoms with Crippen LogP contribution in [0.2, 0.25) is 0 Å². The second kappa shape index (κ2) is 7.06.